The maximum Gasteiger partial charge on any atom is 0.408 e. The SMILES string of the molecule is COc1cc2c(cc1OC)CN(C(=O)O)C(C(=O)N1CCCC1C(N)=O)C2. The van der Waals surface area contributed by atoms with Crippen LogP contribution in [0, 0.1) is 0 Å². The normalized spacial score (nSPS) is 21.6. The number of amides is 3. The number of benzene rings is 1. The number of carbonyl (C=O) groups is 3. The molecule has 3 amide bonds. The number of ether oxygens (including phenoxy) is 2. The number of fused-ring (bicyclic) bond motifs is 1. The number of carboxylic acid groups (broad SMARTS) is 1. The molecule has 0 spiro atoms. The molecule has 0 bridgehead atoms. The predicted octanol–water partition coefficient (Wildman–Crippen LogP) is 0.585. The quantitative estimate of drug-likeness (QED) is 0.792. The van der Waals surface area contributed by atoms with Crippen molar-refractivity contribution in [3.8, 4) is 11.5 Å². The summed E-state index contributed by atoms with van der Waals surface area (Å²) in [6.07, 6.45) is 0.176. The highest BCUT2D eigenvalue weighted by Crippen LogP contribution is 2.35. The number of nitrogens with zero attached hydrogens (tertiary/aromatic N) is 2. The third-order valence-electron chi connectivity index (χ3n) is 5.23. The Labute approximate surface area is 156 Å². The summed E-state index contributed by atoms with van der Waals surface area (Å²) in [6, 6.07) is 1.91. The molecule has 2 aliphatic heterocycles. The van der Waals surface area contributed by atoms with Crippen LogP contribution in [0.15, 0.2) is 12.1 Å². The lowest BCUT2D eigenvalue weighted by molar-refractivity contribution is -0.141. The maximum absolute atomic E-state index is 13.1. The molecule has 27 heavy (non-hydrogen) atoms. The summed E-state index contributed by atoms with van der Waals surface area (Å²) >= 11 is 0. The molecule has 1 fully saturated rings. The van der Waals surface area contributed by atoms with Crippen LogP contribution in [0.3, 0.4) is 0 Å². The van der Waals surface area contributed by atoms with Gasteiger partial charge in [-0.3, -0.25) is 14.5 Å². The summed E-state index contributed by atoms with van der Waals surface area (Å²) in [7, 11) is 3.02. The minimum Gasteiger partial charge on any atom is -0.493 e. The van der Waals surface area contributed by atoms with Crippen LogP contribution in [-0.4, -0.2) is 65.7 Å². The lowest BCUT2D eigenvalue weighted by Gasteiger charge is -2.37. The van der Waals surface area contributed by atoms with E-state index < -0.39 is 24.1 Å². The predicted molar refractivity (Wildman–Crippen MR) is 94.5 cm³/mol. The summed E-state index contributed by atoms with van der Waals surface area (Å²) in [6.45, 7) is 0.450. The topological polar surface area (TPSA) is 122 Å². The largest absolute Gasteiger partial charge is 0.493 e. The lowest BCUT2D eigenvalue weighted by atomic mass is 9.92. The monoisotopic (exact) mass is 377 g/mol. The molecule has 9 heteroatoms. The van der Waals surface area contributed by atoms with Crippen molar-refractivity contribution in [2.24, 2.45) is 5.73 Å². The van der Waals surface area contributed by atoms with Gasteiger partial charge in [-0.2, -0.15) is 0 Å². The van der Waals surface area contributed by atoms with Gasteiger partial charge in [0.15, 0.2) is 11.5 Å². The maximum atomic E-state index is 13.1. The van der Waals surface area contributed by atoms with Crippen LogP contribution in [-0.2, 0) is 22.6 Å². The molecular weight excluding hydrogens is 354 g/mol. The van der Waals surface area contributed by atoms with E-state index in [4.69, 9.17) is 15.2 Å². The van der Waals surface area contributed by atoms with Gasteiger partial charge in [0.05, 0.1) is 20.8 Å². The molecule has 2 aliphatic rings. The molecule has 2 atom stereocenters. The van der Waals surface area contributed by atoms with Gasteiger partial charge in [0, 0.05) is 13.0 Å². The van der Waals surface area contributed by atoms with Gasteiger partial charge < -0.3 is 25.2 Å². The van der Waals surface area contributed by atoms with Gasteiger partial charge in [0.25, 0.3) is 0 Å². The first-order valence-corrected chi connectivity index (χ1v) is 8.70. The number of methoxy groups -OCH3 is 2. The number of nitrogens with two attached hydrogens (primary N) is 1. The Morgan fingerprint density at radius 1 is 1.07 bits per heavy atom. The van der Waals surface area contributed by atoms with Gasteiger partial charge in [-0.05, 0) is 36.1 Å². The highest BCUT2D eigenvalue weighted by Gasteiger charge is 2.42. The molecule has 0 aliphatic carbocycles. The average Bonchev–Trinajstić information content (AvgIpc) is 3.15. The highest BCUT2D eigenvalue weighted by atomic mass is 16.5. The summed E-state index contributed by atoms with van der Waals surface area (Å²) < 4.78 is 10.6. The van der Waals surface area contributed by atoms with E-state index in [0.717, 1.165) is 16.0 Å². The van der Waals surface area contributed by atoms with Gasteiger partial charge in [-0.15, -0.1) is 0 Å². The Morgan fingerprint density at radius 3 is 2.26 bits per heavy atom. The average molecular weight is 377 g/mol. The molecule has 3 rings (SSSR count). The number of likely N-dealkylation sites (tertiary alicyclic amines) is 1. The van der Waals surface area contributed by atoms with E-state index in [0.29, 0.717) is 30.9 Å². The van der Waals surface area contributed by atoms with Crippen molar-refractivity contribution in [3.63, 3.8) is 0 Å². The Kier molecular flexibility index (Phi) is 5.11. The van der Waals surface area contributed by atoms with E-state index in [1.807, 2.05) is 0 Å². The van der Waals surface area contributed by atoms with E-state index in [1.54, 1.807) is 12.1 Å². The van der Waals surface area contributed by atoms with Crippen molar-refractivity contribution in [1.82, 2.24) is 9.80 Å². The van der Waals surface area contributed by atoms with E-state index in [-0.39, 0.29) is 18.9 Å². The second-order valence-corrected chi connectivity index (χ2v) is 6.70. The number of hydrogen-bond acceptors (Lipinski definition) is 5. The van der Waals surface area contributed by atoms with Crippen molar-refractivity contribution in [1.29, 1.82) is 0 Å². The van der Waals surface area contributed by atoms with E-state index >= 15 is 0 Å². The Balaban J connectivity index is 1.94. The Morgan fingerprint density at radius 2 is 1.70 bits per heavy atom. The van der Waals surface area contributed by atoms with Gasteiger partial charge >= 0.3 is 6.09 Å². The molecule has 9 nitrogen and oxygen atoms in total. The van der Waals surface area contributed by atoms with Gasteiger partial charge in [0.2, 0.25) is 11.8 Å². The van der Waals surface area contributed by atoms with Crippen LogP contribution >= 0.6 is 0 Å². The zero-order valence-electron chi connectivity index (χ0n) is 15.3. The molecule has 146 valence electrons. The summed E-state index contributed by atoms with van der Waals surface area (Å²) in [5, 5.41) is 9.64. The van der Waals surface area contributed by atoms with Crippen molar-refractivity contribution in [2.75, 3.05) is 20.8 Å². The van der Waals surface area contributed by atoms with Gasteiger partial charge in [0.1, 0.15) is 12.1 Å². The summed E-state index contributed by atoms with van der Waals surface area (Å²) in [4.78, 5) is 39.0. The first kappa shape index (κ1) is 18.8. The summed E-state index contributed by atoms with van der Waals surface area (Å²) in [5.41, 5.74) is 6.98. The van der Waals surface area contributed by atoms with Crippen molar-refractivity contribution >= 4 is 17.9 Å². The zero-order chi connectivity index (χ0) is 19.7. The fourth-order valence-electron chi connectivity index (χ4n) is 3.85. The smallest absolute Gasteiger partial charge is 0.408 e. The molecule has 0 radical (unpaired) electrons. The number of carbonyl (C=O) groups excluding carboxylic acids is 2. The lowest BCUT2D eigenvalue weighted by Crippen LogP contribution is -2.56. The standard InChI is InChI=1S/C18H23N3O6/c1-26-14-7-10-6-13(17(23)20-5-3-4-12(20)16(19)22)21(18(24)25)9-11(10)8-15(14)27-2/h7-8,12-13H,3-6,9H2,1-2H3,(H2,19,22)(H,24,25). The number of rotatable bonds is 4. The molecular formula is C18H23N3O6. The first-order chi connectivity index (χ1) is 12.9. The van der Waals surface area contributed by atoms with Crippen molar-refractivity contribution in [2.45, 2.75) is 37.9 Å². The third-order valence-corrected chi connectivity index (χ3v) is 5.23. The minimum absolute atomic E-state index is 0.0521. The number of primary amides is 1. The van der Waals surface area contributed by atoms with Crippen molar-refractivity contribution in [3.05, 3.63) is 23.3 Å². The third kappa shape index (κ3) is 3.36. The zero-order valence-corrected chi connectivity index (χ0v) is 15.3. The molecule has 1 aromatic carbocycles. The van der Waals surface area contributed by atoms with Crippen LogP contribution in [0.5, 0.6) is 11.5 Å². The van der Waals surface area contributed by atoms with E-state index in [9.17, 15) is 19.5 Å². The van der Waals surface area contributed by atoms with E-state index in [1.165, 1.54) is 19.1 Å². The Bertz CT molecular complexity index is 781. The molecule has 0 aromatic heterocycles. The molecule has 0 saturated carbocycles. The molecule has 1 aromatic rings. The number of hydrogen-bond donors (Lipinski definition) is 2. The van der Waals surface area contributed by atoms with E-state index in [2.05, 4.69) is 0 Å². The van der Waals surface area contributed by atoms with Crippen LogP contribution in [0.1, 0.15) is 24.0 Å². The second kappa shape index (κ2) is 7.34. The fraction of sp³-hybridized carbons (Fsp3) is 0.500. The first-order valence-electron chi connectivity index (χ1n) is 8.70. The van der Waals surface area contributed by atoms with Crippen LogP contribution < -0.4 is 15.2 Å². The van der Waals surface area contributed by atoms with Crippen molar-refractivity contribution < 1.29 is 29.0 Å². The summed E-state index contributed by atoms with van der Waals surface area (Å²) in [5.74, 6) is 0.0617. The highest BCUT2D eigenvalue weighted by molar-refractivity contribution is 5.91. The molecule has 2 heterocycles. The van der Waals surface area contributed by atoms with Crippen LogP contribution in [0.4, 0.5) is 4.79 Å². The van der Waals surface area contributed by atoms with Crippen LogP contribution in [0.25, 0.3) is 0 Å². The van der Waals surface area contributed by atoms with Gasteiger partial charge in [-0.1, -0.05) is 0 Å². The van der Waals surface area contributed by atoms with Gasteiger partial charge in [-0.25, -0.2) is 4.79 Å². The molecule has 3 N–H and O–H groups in total. The second-order valence-electron chi connectivity index (χ2n) is 6.70. The minimum atomic E-state index is -1.19. The molecule has 1 saturated heterocycles. The fourth-order valence-corrected chi connectivity index (χ4v) is 3.85. The van der Waals surface area contributed by atoms with Crippen LogP contribution in [0.2, 0.25) is 0 Å². The Hall–Kier alpha value is -2.97. The molecule has 2 unspecified atom stereocenters.